The maximum Gasteiger partial charge on any atom is 0.183 e. The van der Waals surface area contributed by atoms with Gasteiger partial charge in [-0.05, 0) is 31.6 Å². The first-order valence-electron chi connectivity index (χ1n) is 5.46. The van der Waals surface area contributed by atoms with Crippen molar-refractivity contribution >= 4 is 22.9 Å². The second-order valence-corrected chi connectivity index (χ2v) is 5.97. The van der Waals surface area contributed by atoms with Crippen LogP contribution in [0.2, 0.25) is 4.47 Å². The summed E-state index contributed by atoms with van der Waals surface area (Å²) in [5.74, 6) is 0.877. The first-order valence-corrected chi connectivity index (χ1v) is 6.65. The Morgan fingerprint density at radius 3 is 2.80 bits per heavy atom. The minimum absolute atomic E-state index is 0.446. The minimum atomic E-state index is 0.446. The molecule has 0 unspecified atom stereocenters. The molecule has 1 aliphatic carbocycles. The van der Waals surface area contributed by atoms with Crippen LogP contribution in [0.1, 0.15) is 37.5 Å². The number of ether oxygens (including phenoxy) is 1. The molecule has 1 aromatic rings. The number of hydrogen-bond donors (Lipinski definition) is 0. The highest BCUT2D eigenvalue weighted by Gasteiger charge is 2.18. The SMILES string of the molecule is CC1CCC(OCc2cnc(Cl)s2)CC1. The predicted molar refractivity (Wildman–Crippen MR) is 63.3 cm³/mol. The van der Waals surface area contributed by atoms with Crippen molar-refractivity contribution in [1.82, 2.24) is 4.98 Å². The minimum Gasteiger partial charge on any atom is -0.373 e. The summed E-state index contributed by atoms with van der Waals surface area (Å²) < 4.78 is 6.45. The van der Waals surface area contributed by atoms with E-state index in [9.17, 15) is 0 Å². The van der Waals surface area contributed by atoms with Gasteiger partial charge >= 0.3 is 0 Å². The largest absolute Gasteiger partial charge is 0.373 e. The highest BCUT2D eigenvalue weighted by atomic mass is 35.5. The average Bonchev–Trinajstić information content (AvgIpc) is 2.64. The highest BCUT2D eigenvalue weighted by molar-refractivity contribution is 7.15. The average molecular weight is 246 g/mol. The van der Waals surface area contributed by atoms with Crippen molar-refractivity contribution in [3.8, 4) is 0 Å². The van der Waals surface area contributed by atoms with E-state index in [2.05, 4.69) is 11.9 Å². The molecule has 0 saturated heterocycles. The molecule has 2 rings (SSSR count). The molecule has 0 spiro atoms. The third-order valence-electron chi connectivity index (χ3n) is 2.95. The van der Waals surface area contributed by atoms with Crippen LogP contribution in [0.25, 0.3) is 0 Å². The number of thiazole rings is 1. The maximum absolute atomic E-state index is 5.84. The van der Waals surface area contributed by atoms with E-state index in [1.807, 2.05) is 0 Å². The van der Waals surface area contributed by atoms with Gasteiger partial charge in [0.2, 0.25) is 0 Å². The molecule has 1 aromatic heterocycles. The molecule has 0 atom stereocenters. The first-order chi connectivity index (χ1) is 7.24. The standard InChI is InChI=1S/C11H16ClNOS/c1-8-2-4-9(5-3-8)14-7-10-6-13-11(12)15-10/h6,8-9H,2-5,7H2,1H3. The van der Waals surface area contributed by atoms with Gasteiger partial charge in [-0.25, -0.2) is 4.98 Å². The molecule has 0 N–H and O–H groups in total. The zero-order valence-corrected chi connectivity index (χ0v) is 10.5. The lowest BCUT2D eigenvalue weighted by atomic mass is 9.89. The van der Waals surface area contributed by atoms with E-state index < -0.39 is 0 Å². The van der Waals surface area contributed by atoms with Crippen molar-refractivity contribution in [2.24, 2.45) is 5.92 Å². The molecule has 2 nitrogen and oxygen atoms in total. The zero-order chi connectivity index (χ0) is 10.7. The molecule has 15 heavy (non-hydrogen) atoms. The molecular formula is C11H16ClNOS. The Bertz CT molecular complexity index is 307. The Hall–Kier alpha value is -0.120. The van der Waals surface area contributed by atoms with Gasteiger partial charge in [-0.15, -0.1) is 11.3 Å². The Morgan fingerprint density at radius 2 is 2.20 bits per heavy atom. The van der Waals surface area contributed by atoms with Crippen molar-refractivity contribution in [2.45, 2.75) is 45.3 Å². The molecule has 4 heteroatoms. The quantitative estimate of drug-likeness (QED) is 0.806. The van der Waals surface area contributed by atoms with Gasteiger partial charge in [0.25, 0.3) is 0 Å². The van der Waals surface area contributed by atoms with Gasteiger partial charge in [0.15, 0.2) is 4.47 Å². The van der Waals surface area contributed by atoms with Crippen LogP contribution in [0.4, 0.5) is 0 Å². The van der Waals surface area contributed by atoms with Crippen LogP contribution >= 0.6 is 22.9 Å². The Balaban J connectivity index is 1.74. The molecule has 1 fully saturated rings. The van der Waals surface area contributed by atoms with Crippen molar-refractivity contribution < 1.29 is 4.74 Å². The van der Waals surface area contributed by atoms with Crippen LogP contribution in [0.15, 0.2) is 6.20 Å². The van der Waals surface area contributed by atoms with E-state index in [4.69, 9.17) is 16.3 Å². The number of aromatic nitrogens is 1. The molecule has 0 aliphatic heterocycles. The molecule has 0 radical (unpaired) electrons. The van der Waals surface area contributed by atoms with E-state index in [1.54, 1.807) is 6.20 Å². The van der Waals surface area contributed by atoms with Gasteiger partial charge in [0.1, 0.15) is 0 Å². The van der Waals surface area contributed by atoms with Gasteiger partial charge in [0, 0.05) is 6.20 Å². The number of nitrogens with zero attached hydrogens (tertiary/aromatic N) is 1. The summed E-state index contributed by atoms with van der Waals surface area (Å²) in [7, 11) is 0. The molecule has 84 valence electrons. The monoisotopic (exact) mass is 245 g/mol. The lowest BCUT2D eigenvalue weighted by molar-refractivity contribution is 0.00997. The molecule has 1 heterocycles. The fourth-order valence-electron chi connectivity index (χ4n) is 1.95. The molecule has 0 amide bonds. The van der Waals surface area contributed by atoms with Crippen molar-refractivity contribution in [3.63, 3.8) is 0 Å². The van der Waals surface area contributed by atoms with Gasteiger partial charge in [-0.3, -0.25) is 0 Å². The molecular weight excluding hydrogens is 230 g/mol. The second-order valence-electron chi connectivity index (χ2n) is 4.27. The van der Waals surface area contributed by atoms with E-state index in [0.717, 1.165) is 10.8 Å². The van der Waals surface area contributed by atoms with Crippen LogP contribution in [-0.2, 0) is 11.3 Å². The Labute approximate surface area is 99.6 Å². The fourth-order valence-corrected chi connectivity index (χ4v) is 2.85. The molecule has 1 aliphatic rings. The summed E-state index contributed by atoms with van der Waals surface area (Å²) >= 11 is 7.26. The molecule has 0 aromatic carbocycles. The highest BCUT2D eigenvalue weighted by Crippen LogP contribution is 2.27. The van der Waals surface area contributed by atoms with Crippen LogP contribution in [0, 0.1) is 5.92 Å². The molecule has 1 saturated carbocycles. The Morgan fingerprint density at radius 1 is 1.47 bits per heavy atom. The predicted octanol–water partition coefficient (Wildman–Crippen LogP) is 3.89. The van der Waals surface area contributed by atoms with E-state index in [1.165, 1.54) is 37.0 Å². The van der Waals surface area contributed by atoms with Gasteiger partial charge in [0.05, 0.1) is 17.6 Å². The number of rotatable bonds is 3. The second kappa shape index (κ2) is 5.28. The first kappa shape index (κ1) is 11.4. The summed E-state index contributed by atoms with van der Waals surface area (Å²) in [5, 5.41) is 0. The lowest BCUT2D eigenvalue weighted by Crippen LogP contribution is -2.20. The fraction of sp³-hybridized carbons (Fsp3) is 0.727. The van der Waals surface area contributed by atoms with Crippen LogP contribution in [0.3, 0.4) is 0 Å². The summed E-state index contributed by atoms with van der Waals surface area (Å²) in [6.45, 7) is 2.99. The van der Waals surface area contributed by atoms with Crippen LogP contribution in [-0.4, -0.2) is 11.1 Å². The summed E-state index contributed by atoms with van der Waals surface area (Å²) in [5.41, 5.74) is 0. The normalized spacial score (nSPS) is 26.8. The van der Waals surface area contributed by atoms with E-state index in [0.29, 0.717) is 17.2 Å². The Kier molecular flexibility index (Phi) is 4.00. The van der Waals surface area contributed by atoms with Crippen molar-refractivity contribution in [3.05, 3.63) is 15.5 Å². The number of halogens is 1. The van der Waals surface area contributed by atoms with Gasteiger partial charge in [-0.2, -0.15) is 0 Å². The third-order valence-corrected chi connectivity index (χ3v) is 4.04. The van der Waals surface area contributed by atoms with Crippen LogP contribution in [0.5, 0.6) is 0 Å². The smallest absolute Gasteiger partial charge is 0.183 e. The molecule has 0 bridgehead atoms. The number of hydrogen-bond acceptors (Lipinski definition) is 3. The summed E-state index contributed by atoms with van der Waals surface area (Å²) in [4.78, 5) is 5.12. The van der Waals surface area contributed by atoms with E-state index >= 15 is 0 Å². The maximum atomic E-state index is 5.84. The topological polar surface area (TPSA) is 22.1 Å². The van der Waals surface area contributed by atoms with Crippen molar-refractivity contribution in [2.75, 3.05) is 0 Å². The van der Waals surface area contributed by atoms with Crippen LogP contribution < -0.4 is 0 Å². The van der Waals surface area contributed by atoms with Gasteiger partial charge in [-0.1, -0.05) is 18.5 Å². The summed E-state index contributed by atoms with van der Waals surface area (Å²) in [6.07, 6.45) is 7.25. The summed E-state index contributed by atoms with van der Waals surface area (Å²) in [6, 6.07) is 0. The lowest BCUT2D eigenvalue weighted by Gasteiger charge is -2.25. The van der Waals surface area contributed by atoms with E-state index in [-0.39, 0.29) is 0 Å². The van der Waals surface area contributed by atoms with Crippen molar-refractivity contribution in [1.29, 1.82) is 0 Å². The zero-order valence-electron chi connectivity index (χ0n) is 8.91. The van der Waals surface area contributed by atoms with Gasteiger partial charge < -0.3 is 4.74 Å². The third kappa shape index (κ3) is 3.44.